The van der Waals surface area contributed by atoms with Gasteiger partial charge < -0.3 is 4.74 Å². The minimum Gasteiger partial charge on any atom is -0.469 e. The minimum atomic E-state index is -1.76. The van der Waals surface area contributed by atoms with E-state index in [1.165, 1.54) is 7.11 Å². The summed E-state index contributed by atoms with van der Waals surface area (Å²) in [4.78, 5) is 10.3. The van der Waals surface area contributed by atoms with Crippen LogP contribution < -0.4 is 0 Å². The van der Waals surface area contributed by atoms with E-state index in [1.54, 1.807) is 0 Å². The number of esters is 1. The zero-order chi connectivity index (χ0) is 7.98. The van der Waals surface area contributed by atoms with Crippen molar-refractivity contribution in [2.75, 3.05) is 7.11 Å². The molecule has 4 heteroatoms. The minimum absolute atomic E-state index is 0.00778. The molecule has 0 unspecified atom stereocenters. The van der Waals surface area contributed by atoms with Gasteiger partial charge in [-0.25, -0.2) is 0 Å². The second-order valence-electron chi connectivity index (χ2n) is 1.61. The number of halogens is 2. The first-order chi connectivity index (χ1) is 4.66. The topological polar surface area (TPSA) is 26.3 Å². The van der Waals surface area contributed by atoms with Gasteiger partial charge in [-0.05, 0) is 12.5 Å². The van der Waals surface area contributed by atoms with Crippen LogP contribution in [0, 0.1) is 0 Å². The van der Waals surface area contributed by atoms with Crippen molar-refractivity contribution in [1.29, 1.82) is 0 Å². The molecule has 0 amide bonds. The molecule has 0 bridgehead atoms. The highest BCUT2D eigenvalue weighted by molar-refractivity contribution is 5.69. The third-order valence-electron chi connectivity index (χ3n) is 0.875. The van der Waals surface area contributed by atoms with Crippen LogP contribution >= 0.6 is 0 Å². The summed E-state index contributed by atoms with van der Waals surface area (Å²) in [5.74, 6) is -0.475. The van der Waals surface area contributed by atoms with Gasteiger partial charge >= 0.3 is 5.97 Å². The van der Waals surface area contributed by atoms with Crippen LogP contribution in [-0.4, -0.2) is 13.1 Å². The molecule has 58 valence electrons. The van der Waals surface area contributed by atoms with Crippen LogP contribution in [0.25, 0.3) is 0 Å². The quantitative estimate of drug-likeness (QED) is 0.572. The number of hydrogen-bond acceptors (Lipinski definition) is 2. The van der Waals surface area contributed by atoms with Crippen molar-refractivity contribution in [3.63, 3.8) is 0 Å². The Morgan fingerprint density at radius 1 is 1.60 bits per heavy atom. The highest BCUT2D eigenvalue weighted by atomic mass is 19.3. The molecule has 2 nitrogen and oxygen atoms in total. The summed E-state index contributed by atoms with van der Waals surface area (Å²) in [6.45, 7) is 0. The summed E-state index contributed by atoms with van der Waals surface area (Å²) >= 11 is 0. The lowest BCUT2D eigenvalue weighted by molar-refractivity contribution is -0.140. The van der Waals surface area contributed by atoms with Crippen molar-refractivity contribution in [3.05, 3.63) is 12.2 Å². The summed E-state index contributed by atoms with van der Waals surface area (Å²) in [6.07, 6.45) is -1.02. The lowest BCUT2D eigenvalue weighted by Crippen LogP contribution is -1.97. The summed E-state index contributed by atoms with van der Waals surface area (Å²) in [5.41, 5.74) is 0. The lowest BCUT2D eigenvalue weighted by atomic mass is 10.3. The van der Waals surface area contributed by atoms with Crippen molar-refractivity contribution >= 4 is 5.97 Å². The highest BCUT2D eigenvalue weighted by Crippen LogP contribution is 2.01. The van der Waals surface area contributed by atoms with Gasteiger partial charge in [-0.1, -0.05) is 0 Å². The monoisotopic (exact) mass is 150 g/mol. The maximum absolute atomic E-state index is 11.3. The van der Waals surface area contributed by atoms with E-state index < -0.39 is 12.0 Å². The molecule has 0 aliphatic rings. The fraction of sp³-hybridized carbons (Fsp3) is 0.500. The molecule has 0 saturated heterocycles. The largest absolute Gasteiger partial charge is 0.469 e. The zero-order valence-electron chi connectivity index (χ0n) is 5.56. The van der Waals surface area contributed by atoms with Crippen molar-refractivity contribution in [1.82, 2.24) is 0 Å². The number of rotatable bonds is 3. The van der Waals surface area contributed by atoms with E-state index in [4.69, 9.17) is 0 Å². The molecule has 0 aliphatic carbocycles. The fourth-order valence-electron chi connectivity index (χ4n) is 0.401. The molecule has 0 N–H and O–H groups in total. The number of methoxy groups -OCH3 is 1. The molecule has 0 aliphatic heterocycles. The van der Waals surface area contributed by atoms with E-state index in [1.807, 2.05) is 0 Å². The van der Waals surface area contributed by atoms with Gasteiger partial charge in [-0.2, -0.15) is 8.78 Å². The molecule has 0 aromatic heterocycles. The van der Waals surface area contributed by atoms with E-state index in [0.29, 0.717) is 6.08 Å². The number of carbonyl (C=O) groups is 1. The maximum atomic E-state index is 11.3. The second-order valence-corrected chi connectivity index (χ2v) is 1.61. The number of ether oxygens (including phenoxy) is 1. The molecule has 10 heavy (non-hydrogen) atoms. The molecule has 0 radical (unpaired) electrons. The van der Waals surface area contributed by atoms with Gasteiger partial charge in [-0.3, -0.25) is 4.79 Å². The molecule has 0 saturated carbocycles. The molecule has 0 aromatic carbocycles. The molecule has 0 spiro atoms. The van der Waals surface area contributed by atoms with E-state index >= 15 is 0 Å². The van der Waals surface area contributed by atoms with E-state index in [-0.39, 0.29) is 12.8 Å². The molecule has 0 atom stereocenters. The summed E-state index contributed by atoms with van der Waals surface area (Å²) in [6, 6.07) is 0. The molecular formula is C6H8F2O2. The molecule has 0 aromatic rings. The van der Waals surface area contributed by atoms with E-state index in [0.717, 1.165) is 0 Å². The van der Waals surface area contributed by atoms with Crippen LogP contribution in [0.3, 0.4) is 0 Å². The van der Waals surface area contributed by atoms with E-state index in [2.05, 4.69) is 4.74 Å². The van der Waals surface area contributed by atoms with Crippen LogP contribution in [0.2, 0.25) is 0 Å². The number of carbonyl (C=O) groups excluding carboxylic acids is 1. The lowest BCUT2D eigenvalue weighted by Gasteiger charge is -1.92. The number of hydrogen-bond donors (Lipinski definition) is 0. The molecule has 0 heterocycles. The Labute approximate surface area is 57.5 Å². The predicted molar refractivity (Wildman–Crippen MR) is 31.5 cm³/mol. The van der Waals surface area contributed by atoms with Crippen molar-refractivity contribution in [3.8, 4) is 0 Å². The van der Waals surface area contributed by atoms with Gasteiger partial charge in [0.2, 0.25) is 0 Å². The van der Waals surface area contributed by atoms with E-state index in [9.17, 15) is 13.6 Å². The van der Waals surface area contributed by atoms with Gasteiger partial charge in [0.05, 0.1) is 7.11 Å². The van der Waals surface area contributed by atoms with Crippen LogP contribution in [0.4, 0.5) is 8.78 Å². The SMILES string of the molecule is COC(=O)CCC=C(F)F. The first-order valence-corrected chi connectivity index (χ1v) is 2.74. The van der Waals surface area contributed by atoms with Crippen molar-refractivity contribution in [2.45, 2.75) is 12.8 Å². The van der Waals surface area contributed by atoms with Crippen LogP contribution in [0.1, 0.15) is 12.8 Å². The van der Waals surface area contributed by atoms with Crippen LogP contribution in [0.5, 0.6) is 0 Å². The smallest absolute Gasteiger partial charge is 0.305 e. The maximum Gasteiger partial charge on any atom is 0.305 e. The van der Waals surface area contributed by atoms with Crippen LogP contribution in [0.15, 0.2) is 12.2 Å². The standard InChI is InChI=1S/C6H8F2O2/c1-10-6(9)4-2-3-5(7)8/h3H,2,4H2,1H3. The Hall–Kier alpha value is -0.930. The Morgan fingerprint density at radius 2 is 2.20 bits per heavy atom. The Balaban J connectivity index is 3.37. The normalized spacial score (nSPS) is 8.70. The summed E-state index contributed by atoms with van der Waals surface area (Å²) in [5, 5.41) is 0. The van der Waals surface area contributed by atoms with Gasteiger partial charge in [0.1, 0.15) is 0 Å². The average molecular weight is 150 g/mol. The average Bonchev–Trinajstić information content (AvgIpc) is 1.87. The van der Waals surface area contributed by atoms with Gasteiger partial charge in [0, 0.05) is 6.42 Å². The van der Waals surface area contributed by atoms with Crippen molar-refractivity contribution < 1.29 is 18.3 Å². The molecule has 0 fully saturated rings. The number of allylic oxidation sites excluding steroid dienone is 1. The Kier molecular flexibility index (Phi) is 4.45. The summed E-state index contributed by atoms with van der Waals surface area (Å²) in [7, 11) is 1.22. The van der Waals surface area contributed by atoms with Crippen molar-refractivity contribution in [2.24, 2.45) is 0 Å². The first kappa shape index (κ1) is 9.07. The predicted octanol–water partition coefficient (Wildman–Crippen LogP) is 1.72. The second kappa shape index (κ2) is 4.90. The van der Waals surface area contributed by atoms with Crippen LogP contribution in [-0.2, 0) is 9.53 Å². The Bertz CT molecular complexity index is 139. The van der Waals surface area contributed by atoms with Gasteiger partial charge in [0.15, 0.2) is 0 Å². The first-order valence-electron chi connectivity index (χ1n) is 2.74. The fourth-order valence-corrected chi connectivity index (χ4v) is 0.401. The zero-order valence-corrected chi connectivity index (χ0v) is 5.56. The third kappa shape index (κ3) is 5.21. The molecular weight excluding hydrogens is 142 g/mol. The Morgan fingerprint density at radius 3 is 2.60 bits per heavy atom. The summed E-state index contributed by atoms with van der Waals surface area (Å²) < 4.78 is 26.8. The molecule has 0 rings (SSSR count). The van der Waals surface area contributed by atoms with Gasteiger partial charge in [0.25, 0.3) is 6.08 Å². The highest BCUT2D eigenvalue weighted by Gasteiger charge is 1.97. The van der Waals surface area contributed by atoms with Gasteiger partial charge in [-0.15, -0.1) is 0 Å². The third-order valence-corrected chi connectivity index (χ3v) is 0.875.